The molecule has 90 valence electrons. The first-order valence-electron chi connectivity index (χ1n) is 5.61. The third-order valence-electron chi connectivity index (χ3n) is 2.03. The Morgan fingerprint density at radius 3 is 2.60 bits per heavy atom. The molecule has 0 aromatic heterocycles. The molecule has 0 aliphatic carbocycles. The number of hydrogen-bond acceptors (Lipinski definition) is 3. The van der Waals surface area contributed by atoms with Crippen molar-refractivity contribution in [2.45, 2.75) is 27.2 Å². The summed E-state index contributed by atoms with van der Waals surface area (Å²) in [4.78, 5) is 10.7. The molecule has 0 aromatic rings. The van der Waals surface area contributed by atoms with Gasteiger partial charge in [0.2, 0.25) is 5.91 Å². The molecule has 1 amide bonds. The Labute approximate surface area is 92.6 Å². The first-order chi connectivity index (χ1) is 7.04. The van der Waals surface area contributed by atoms with Crippen molar-refractivity contribution >= 4 is 5.91 Å². The Bertz CT molecular complexity index is 172. The summed E-state index contributed by atoms with van der Waals surface area (Å²) in [5, 5.41) is 3.17. The van der Waals surface area contributed by atoms with E-state index in [4.69, 9.17) is 10.5 Å². The minimum Gasteiger partial charge on any atom is -0.381 e. The zero-order valence-corrected chi connectivity index (χ0v) is 10.1. The Balaban J connectivity index is 3.15. The van der Waals surface area contributed by atoms with Crippen LogP contribution in [0.5, 0.6) is 0 Å². The van der Waals surface area contributed by atoms with Crippen LogP contribution in [-0.4, -0.2) is 32.2 Å². The molecular formula is C11H24N2O2. The SMILES string of the molecule is CC(C)COCCCNCC(C)C(N)=O. The molecule has 4 heteroatoms. The molecule has 0 radical (unpaired) electrons. The maximum atomic E-state index is 10.7. The largest absolute Gasteiger partial charge is 0.381 e. The van der Waals surface area contributed by atoms with Crippen LogP contribution in [0.3, 0.4) is 0 Å². The number of amides is 1. The Morgan fingerprint density at radius 1 is 1.40 bits per heavy atom. The van der Waals surface area contributed by atoms with E-state index in [2.05, 4.69) is 19.2 Å². The number of ether oxygens (including phenoxy) is 1. The molecule has 0 rings (SSSR count). The monoisotopic (exact) mass is 216 g/mol. The van der Waals surface area contributed by atoms with Crippen LogP contribution in [0.4, 0.5) is 0 Å². The van der Waals surface area contributed by atoms with E-state index in [9.17, 15) is 4.79 Å². The van der Waals surface area contributed by atoms with E-state index in [0.29, 0.717) is 12.5 Å². The number of hydrogen-bond donors (Lipinski definition) is 2. The maximum Gasteiger partial charge on any atom is 0.221 e. The number of nitrogens with one attached hydrogen (secondary N) is 1. The topological polar surface area (TPSA) is 64.3 Å². The van der Waals surface area contributed by atoms with Crippen molar-refractivity contribution in [3.05, 3.63) is 0 Å². The van der Waals surface area contributed by atoms with E-state index < -0.39 is 0 Å². The van der Waals surface area contributed by atoms with Gasteiger partial charge in [0.1, 0.15) is 0 Å². The third-order valence-corrected chi connectivity index (χ3v) is 2.03. The second-order valence-corrected chi connectivity index (χ2v) is 4.33. The standard InChI is InChI=1S/C11H24N2O2/c1-9(2)8-15-6-4-5-13-7-10(3)11(12)14/h9-10,13H,4-8H2,1-3H3,(H2,12,14). The molecule has 0 bridgehead atoms. The first-order valence-corrected chi connectivity index (χ1v) is 5.61. The Kier molecular flexibility index (Phi) is 8.33. The fraction of sp³-hybridized carbons (Fsp3) is 0.909. The highest BCUT2D eigenvalue weighted by Gasteiger charge is 2.06. The normalized spacial score (nSPS) is 13.1. The quantitative estimate of drug-likeness (QED) is 0.559. The number of rotatable bonds is 9. The van der Waals surface area contributed by atoms with Gasteiger partial charge >= 0.3 is 0 Å². The summed E-state index contributed by atoms with van der Waals surface area (Å²) in [6.45, 7) is 9.20. The summed E-state index contributed by atoms with van der Waals surface area (Å²) in [6, 6.07) is 0. The van der Waals surface area contributed by atoms with Crippen molar-refractivity contribution < 1.29 is 9.53 Å². The fourth-order valence-electron chi connectivity index (χ4n) is 1.04. The smallest absolute Gasteiger partial charge is 0.221 e. The van der Waals surface area contributed by atoms with E-state index in [1.807, 2.05) is 6.92 Å². The second-order valence-electron chi connectivity index (χ2n) is 4.33. The van der Waals surface area contributed by atoms with E-state index in [-0.39, 0.29) is 11.8 Å². The average Bonchev–Trinajstić information content (AvgIpc) is 2.15. The third kappa shape index (κ3) is 9.69. The summed E-state index contributed by atoms with van der Waals surface area (Å²) < 4.78 is 5.42. The van der Waals surface area contributed by atoms with Crippen LogP contribution < -0.4 is 11.1 Å². The molecule has 3 N–H and O–H groups in total. The summed E-state index contributed by atoms with van der Waals surface area (Å²) in [5.74, 6) is 0.244. The predicted octanol–water partition coefficient (Wildman–Crippen LogP) is 0.760. The highest BCUT2D eigenvalue weighted by Crippen LogP contribution is 1.93. The highest BCUT2D eigenvalue weighted by atomic mass is 16.5. The minimum atomic E-state index is -0.251. The van der Waals surface area contributed by atoms with Gasteiger partial charge in [0, 0.05) is 25.7 Å². The van der Waals surface area contributed by atoms with Crippen molar-refractivity contribution in [1.29, 1.82) is 0 Å². The second kappa shape index (κ2) is 8.68. The number of carbonyl (C=O) groups is 1. The lowest BCUT2D eigenvalue weighted by molar-refractivity contribution is -0.121. The predicted molar refractivity (Wildman–Crippen MR) is 61.5 cm³/mol. The lowest BCUT2D eigenvalue weighted by atomic mass is 10.2. The molecule has 1 unspecified atom stereocenters. The molecule has 0 saturated heterocycles. The number of nitrogens with two attached hydrogens (primary N) is 1. The van der Waals surface area contributed by atoms with Gasteiger partial charge in [-0.2, -0.15) is 0 Å². The molecule has 0 saturated carbocycles. The molecule has 1 atom stereocenters. The van der Waals surface area contributed by atoms with Crippen LogP contribution in [0.15, 0.2) is 0 Å². The van der Waals surface area contributed by atoms with Gasteiger partial charge in [0.15, 0.2) is 0 Å². The summed E-state index contributed by atoms with van der Waals surface area (Å²) >= 11 is 0. The van der Waals surface area contributed by atoms with Crippen LogP contribution in [0.1, 0.15) is 27.2 Å². The van der Waals surface area contributed by atoms with Gasteiger partial charge in [-0.25, -0.2) is 0 Å². The van der Waals surface area contributed by atoms with Gasteiger partial charge in [-0.15, -0.1) is 0 Å². The zero-order chi connectivity index (χ0) is 11.7. The number of primary amides is 1. The van der Waals surface area contributed by atoms with E-state index in [1.165, 1.54) is 0 Å². The van der Waals surface area contributed by atoms with Gasteiger partial charge in [-0.1, -0.05) is 20.8 Å². The van der Waals surface area contributed by atoms with Gasteiger partial charge in [-0.05, 0) is 18.9 Å². The fourth-order valence-corrected chi connectivity index (χ4v) is 1.04. The van der Waals surface area contributed by atoms with Crippen LogP contribution in [0.2, 0.25) is 0 Å². The molecule has 0 aliphatic rings. The van der Waals surface area contributed by atoms with E-state index >= 15 is 0 Å². The zero-order valence-electron chi connectivity index (χ0n) is 10.1. The molecule has 0 aliphatic heterocycles. The van der Waals surface area contributed by atoms with E-state index in [0.717, 1.165) is 26.2 Å². The molecule has 0 aromatic carbocycles. The van der Waals surface area contributed by atoms with Gasteiger partial charge in [0.05, 0.1) is 0 Å². The molecule has 0 heterocycles. The Morgan fingerprint density at radius 2 is 2.07 bits per heavy atom. The lowest BCUT2D eigenvalue weighted by Crippen LogP contribution is -2.31. The highest BCUT2D eigenvalue weighted by molar-refractivity contribution is 5.76. The molecular weight excluding hydrogens is 192 g/mol. The minimum absolute atomic E-state index is 0.0958. The van der Waals surface area contributed by atoms with Crippen molar-refractivity contribution in [3.63, 3.8) is 0 Å². The maximum absolute atomic E-state index is 10.7. The van der Waals surface area contributed by atoms with Crippen LogP contribution >= 0.6 is 0 Å². The van der Waals surface area contributed by atoms with Gasteiger partial charge < -0.3 is 15.8 Å². The summed E-state index contributed by atoms with van der Waals surface area (Å²) in [6.07, 6.45) is 0.970. The Hall–Kier alpha value is -0.610. The lowest BCUT2D eigenvalue weighted by Gasteiger charge is -2.09. The van der Waals surface area contributed by atoms with Crippen molar-refractivity contribution in [2.24, 2.45) is 17.6 Å². The van der Waals surface area contributed by atoms with Crippen LogP contribution in [-0.2, 0) is 9.53 Å². The molecule has 4 nitrogen and oxygen atoms in total. The van der Waals surface area contributed by atoms with Crippen molar-refractivity contribution in [3.8, 4) is 0 Å². The number of carbonyl (C=O) groups excluding carboxylic acids is 1. The van der Waals surface area contributed by atoms with Gasteiger partial charge in [-0.3, -0.25) is 4.79 Å². The first kappa shape index (κ1) is 14.4. The van der Waals surface area contributed by atoms with Crippen LogP contribution in [0.25, 0.3) is 0 Å². The van der Waals surface area contributed by atoms with Crippen LogP contribution in [0, 0.1) is 11.8 Å². The molecule has 0 spiro atoms. The molecule has 15 heavy (non-hydrogen) atoms. The average molecular weight is 216 g/mol. The van der Waals surface area contributed by atoms with Gasteiger partial charge in [0.25, 0.3) is 0 Å². The van der Waals surface area contributed by atoms with E-state index in [1.54, 1.807) is 0 Å². The summed E-state index contributed by atoms with van der Waals surface area (Å²) in [5.41, 5.74) is 5.13. The van der Waals surface area contributed by atoms with Crippen molar-refractivity contribution in [1.82, 2.24) is 5.32 Å². The molecule has 0 fully saturated rings. The van der Waals surface area contributed by atoms with Crippen molar-refractivity contribution in [2.75, 3.05) is 26.3 Å². The summed E-state index contributed by atoms with van der Waals surface area (Å²) in [7, 11) is 0.